The van der Waals surface area contributed by atoms with Crippen LogP contribution >= 0.6 is 11.3 Å². The Bertz CT molecular complexity index is 1280. The van der Waals surface area contributed by atoms with E-state index in [0.717, 1.165) is 6.07 Å². The van der Waals surface area contributed by atoms with Crippen LogP contribution in [-0.2, 0) is 11.0 Å². The van der Waals surface area contributed by atoms with Gasteiger partial charge in [0, 0.05) is 24.6 Å². The van der Waals surface area contributed by atoms with Crippen LogP contribution in [0.2, 0.25) is 0 Å². The van der Waals surface area contributed by atoms with Gasteiger partial charge in [-0.2, -0.15) is 18.3 Å². The van der Waals surface area contributed by atoms with Gasteiger partial charge in [-0.1, -0.05) is 18.2 Å². The number of nitrogens with one attached hydrogen (secondary N) is 1. The molecule has 4 rings (SSSR count). The molecule has 0 radical (unpaired) electrons. The number of thiophene rings is 1. The van der Waals surface area contributed by atoms with E-state index in [-0.39, 0.29) is 36.3 Å². The summed E-state index contributed by atoms with van der Waals surface area (Å²) in [5.41, 5.74) is -1.24. The van der Waals surface area contributed by atoms with Crippen molar-refractivity contribution in [1.29, 1.82) is 0 Å². The molecule has 1 saturated heterocycles. The number of alkyl halides is 5. The second-order valence-corrected chi connectivity index (χ2v) is 10.0. The third-order valence-electron chi connectivity index (χ3n) is 6.19. The number of halogens is 5. The monoisotopic (exact) mass is 556 g/mol. The molecule has 13 heteroatoms. The summed E-state index contributed by atoms with van der Waals surface area (Å²) in [4.78, 5) is 26.0. The van der Waals surface area contributed by atoms with Gasteiger partial charge in [0.05, 0.1) is 24.2 Å². The van der Waals surface area contributed by atoms with Crippen molar-refractivity contribution in [3.63, 3.8) is 0 Å². The number of carboxylic acid groups (broad SMARTS) is 1. The molecule has 1 unspecified atom stereocenters. The molecule has 7 nitrogen and oxygen atoms in total. The third kappa shape index (κ3) is 6.76. The summed E-state index contributed by atoms with van der Waals surface area (Å²) in [6, 6.07) is 8.59. The van der Waals surface area contributed by atoms with E-state index in [4.69, 9.17) is 0 Å². The van der Waals surface area contributed by atoms with E-state index in [1.54, 1.807) is 17.5 Å². The number of aromatic nitrogens is 2. The number of carbonyl (C=O) groups is 2. The van der Waals surface area contributed by atoms with Gasteiger partial charge in [0.15, 0.2) is 5.69 Å². The molecule has 2 aromatic heterocycles. The van der Waals surface area contributed by atoms with Crippen molar-refractivity contribution in [2.24, 2.45) is 0 Å². The van der Waals surface area contributed by atoms with Gasteiger partial charge in [0.1, 0.15) is 5.00 Å². The van der Waals surface area contributed by atoms with E-state index >= 15 is 0 Å². The molecule has 0 bridgehead atoms. The first-order valence-corrected chi connectivity index (χ1v) is 12.7. The SMILES string of the molecule is O=C(O)CC(CCN1CCCC(F)(F)C1)NC(=O)c1cc(-c2ccccc2C(F)(F)F)n(-c2cccs2)n1. The first-order chi connectivity index (χ1) is 17.9. The molecule has 1 aliphatic heterocycles. The summed E-state index contributed by atoms with van der Waals surface area (Å²) in [7, 11) is 0. The van der Waals surface area contributed by atoms with Crippen LogP contribution in [0, 0.1) is 0 Å². The van der Waals surface area contributed by atoms with Gasteiger partial charge in [0.2, 0.25) is 0 Å². The first-order valence-electron chi connectivity index (χ1n) is 11.9. The fourth-order valence-electron chi connectivity index (χ4n) is 4.47. The quantitative estimate of drug-likeness (QED) is 0.349. The summed E-state index contributed by atoms with van der Waals surface area (Å²) >= 11 is 1.21. The molecule has 1 aliphatic rings. The van der Waals surface area contributed by atoms with Crippen molar-refractivity contribution in [3.8, 4) is 16.3 Å². The Morgan fingerprint density at radius 1 is 1.18 bits per heavy atom. The lowest BCUT2D eigenvalue weighted by Crippen LogP contribution is -2.45. The van der Waals surface area contributed by atoms with Crippen LogP contribution in [0.3, 0.4) is 0 Å². The molecule has 1 aromatic carbocycles. The molecule has 0 aliphatic carbocycles. The molecule has 38 heavy (non-hydrogen) atoms. The van der Waals surface area contributed by atoms with Crippen LogP contribution in [0.25, 0.3) is 16.3 Å². The summed E-state index contributed by atoms with van der Waals surface area (Å²) in [6.45, 7) is 0.159. The number of rotatable bonds is 9. The Labute approximate surface area is 218 Å². The van der Waals surface area contributed by atoms with Crippen molar-refractivity contribution < 1.29 is 36.6 Å². The lowest BCUT2D eigenvalue weighted by Gasteiger charge is -2.33. The molecule has 1 atom stereocenters. The van der Waals surface area contributed by atoms with Crippen molar-refractivity contribution >= 4 is 23.2 Å². The lowest BCUT2D eigenvalue weighted by molar-refractivity contribution is -0.138. The zero-order valence-corrected chi connectivity index (χ0v) is 20.9. The molecule has 1 fully saturated rings. The number of hydrogen-bond donors (Lipinski definition) is 2. The zero-order chi connectivity index (χ0) is 27.5. The van der Waals surface area contributed by atoms with E-state index < -0.39 is 48.5 Å². The summed E-state index contributed by atoms with van der Waals surface area (Å²) in [5.74, 6) is -4.79. The Morgan fingerprint density at radius 2 is 1.95 bits per heavy atom. The zero-order valence-electron chi connectivity index (χ0n) is 20.0. The van der Waals surface area contributed by atoms with Crippen LogP contribution < -0.4 is 5.32 Å². The Hall–Kier alpha value is -3.32. The van der Waals surface area contributed by atoms with Gasteiger partial charge < -0.3 is 10.4 Å². The van der Waals surface area contributed by atoms with E-state index in [2.05, 4.69) is 10.4 Å². The maximum absolute atomic E-state index is 13.7. The summed E-state index contributed by atoms with van der Waals surface area (Å²) in [5, 5.41) is 18.3. The predicted molar refractivity (Wildman–Crippen MR) is 131 cm³/mol. The Balaban J connectivity index is 1.59. The van der Waals surface area contributed by atoms with Crippen molar-refractivity contribution in [2.45, 2.75) is 43.8 Å². The highest BCUT2D eigenvalue weighted by Gasteiger charge is 2.36. The van der Waals surface area contributed by atoms with Gasteiger partial charge >= 0.3 is 12.1 Å². The van der Waals surface area contributed by atoms with Gasteiger partial charge in [-0.15, -0.1) is 11.3 Å². The highest BCUT2D eigenvalue weighted by Crippen LogP contribution is 2.38. The van der Waals surface area contributed by atoms with Crippen molar-refractivity contribution in [2.75, 3.05) is 19.6 Å². The maximum atomic E-state index is 13.7. The standard InChI is InChI=1S/C25H25F5N4O3S/c26-24(27)9-4-10-33(15-24)11-8-16(13-22(35)36)31-23(37)19-14-20(34(32-19)21-7-3-12-38-21)17-5-1-2-6-18(17)25(28,29)30/h1-3,5-7,12,14,16H,4,8-11,13,15H2,(H,31,37)(H,35,36). The number of nitrogens with zero attached hydrogens (tertiary/aromatic N) is 3. The van der Waals surface area contributed by atoms with E-state index in [1.807, 2.05) is 0 Å². The number of piperidine rings is 1. The number of carboxylic acids is 1. The number of likely N-dealkylation sites (tertiary alicyclic amines) is 1. The second kappa shape index (κ2) is 11.2. The van der Waals surface area contributed by atoms with Crippen LogP contribution in [0.4, 0.5) is 22.0 Å². The number of carbonyl (C=O) groups excluding carboxylic acids is 1. The van der Waals surface area contributed by atoms with Gasteiger partial charge in [-0.25, -0.2) is 13.5 Å². The number of aliphatic carboxylic acids is 1. The Kier molecular flexibility index (Phi) is 8.16. The van der Waals surface area contributed by atoms with Gasteiger partial charge in [0.25, 0.3) is 11.8 Å². The Morgan fingerprint density at radius 3 is 2.61 bits per heavy atom. The van der Waals surface area contributed by atoms with Crippen molar-refractivity contribution in [1.82, 2.24) is 20.0 Å². The minimum atomic E-state index is -4.65. The maximum Gasteiger partial charge on any atom is 0.417 e. The normalized spacial score (nSPS) is 16.8. The number of hydrogen-bond acceptors (Lipinski definition) is 5. The molecule has 204 valence electrons. The lowest BCUT2D eigenvalue weighted by atomic mass is 10.0. The first kappa shape index (κ1) is 27.7. The third-order valence-corrected chi connectivity index (χ3v) is 7.03. The highest BCUT2D eigenvalue weighted by atomic mass is 32.1. The van der Waals surface area contributed by atoms with E-state index in [1.165, 1.54) is 45.2 Å². The largest absolute Gasteiger partial charge is 0.481 e. The molecule has 0 saturated carbocycles. The van der Waals surface area contributed by atoms with Gasteiger partial charge in [-0.05, 0) is 49.0 Å². The van der Waals surface area contributed by atoms with Crippen molar-refractivity contribution in [3.05, 3.63) is 59.1 Å². The molecule has 2 N–H and O–H groups in total. The van der Waals surface area contributed by atoms with Crippen LogP contribution in [0.5, 0.6) is 0 Å². The number of amides is 1. The van der Waals surface area contributed by atoms with E-state index in [0.29, 0.717) is 18.0 Å². The molecular formula is C25H25F5N4O3S. The molecule has 3 aromatic rings. The van der Waals surface area contributed by atoms with Crippen LogP contribution in [0.1, 0.15) is 41.7 Å². The predicted octanol–water partition coefficient (Wildman–Crippen LogP) is 5.31. The topological polar surface area (TPSA) is 87.5 Å². The fraction of sp³-hybridized carbons (Fsp3) is 0.400. The average Bonchev–Trinajstić information content (AvgIpc) is 3.51. The van der Waals surface area contributed by atoms with E-state index in [9.17, 15) is 36.6 Å². The van der Waals surface area contributed by atoms with Crippen LogP contribution in [-0.4, -0.2) is 63.3 Å². The molecule has 0 spiro atoms. The molecular weight excluding hydrogens is 531 g/mol. The van der Waals surface area contributed by atoms with Crippen LogP contribution in [0.15, 0.2) is 47.8 Å². The molecule has 3 heterocycles. The number of benzene rings is 1. The molecule has 1 amide bonds. The smallest absolute Gasteiger partial charge is 0.417 e. The van der Waals surface area contributed by atoms with Gasteiger partial charge in [-0.3, -0.25) is 14.5 Å². The average molecular weight is 557 g/mol. The summed E-state index contributed by atoms with van der Waals surface area (Å²) < 4.78 is 69.9. The second-order valence-electron chi connectivity index (χ2n) is 9.11. The fourth-order valence-corrected chi connectivity index (χ4v) is 5.16. The summed E-state index contributed by atoms with van der Waals surface area (Å²) in [6.07, 6.45) is -4.90. The minimum Gasteiger partial charge on any atom is -0.481 e. The minimum absolute atomic E-state index is 0.0378. The highest BCUT2D eigenvalue weighted by molar-refractivity contribution is 7.12.